The molecule has 0 aliphatic carbocycles. The van der Waals surface area contributed by atoms with E-state index in [1.165, 1.54) is 0 Å². The predicted octanol–water partition coefficient (Wildman–Crippen LogP) is 3.33. The summed E-state index contributed by atoms with van der Waals surface area (Å²) in [7, 11) is 1.56. The Hall–Kier alpha value is -2.33. The van der Waals surface area contributed by atoms with E-state index in [0.29, 0.717) is 11.3 Å². The zero-order valence-corrected chi connectivity index (χ0v) is 13.1. The fourth-order valence-corrected chi connectivity index (χ4v) is 2.11. The minimum Gasteiger partial charge on any atom is -0.468 e. The van der Waals surface area contributed by atoms with Crippen molar-refractivity contribution in [1.29, 1.82) is 0 Å². The summed E-state index contributed by atoms with van der Waals surface area (Å²) in [4.78, 5) is 12.4. The van der Waals surface area contributed by atoms with Crippen molar-refractivity contribution in [2.24, 2.45) is 0 Å². The summed E-state index contributed by atoms with van der Waals surface area (Å²) in [6.45, 7) is 4.15. The smallest absolute Gasteiger partial charge is 0.251 e. The van der Waals surface area contributed by atoms with Crippen LogP contribution in [-0.2, 0) is 10.3 Å². The first-order chi connectivity index (χ1) is 10.5. The summed E-state index contributed by atoms with van der Waals surface area (Å²) < 4.78 is 10.1. The van der Waals surface area contributed by atoms with Gasteiger partial charge in [0, 0.05) is 12.7 Å². The molecule has 0 atom stereocenters. The van der Waals surface area contributed by atoms with Gasteiger partial charge in [-0.15, -0.1) is 0 Å². The third-order valence-corrected chi connectivity index (χ3v) is 3.38. The fourth-order valence-electron chi connectivity index (χ4n) is 2.11. The topological polar surface area (TPSA) is 47.6 Å². The van der Waals surface area contributed by atoms with E-state index in [-0.39, 0.29) is 12.7 Å². The standard InChI is InChI=1S/C18H21NO3/c1-18(2,15-7-5-4-6-8-15)19-17(20)14-9-11-16(12-10-14)22-13-21-3/h4-12H,13H2,1-3H3,(H,19,20). The molecule has 2 aromatic carbocycles. The molecule has 22 heavy (non-hydrogen) atoms. The van der Waals surface area contributed by atoms with Gasteiger partial charge in [0.1, 0.15) is 5.75 Å². The van der Waals surface area contributed by atoms with Gasteiger partial charge in [0.25, 0.3) is 5.91 Å². The van der Waals surface area contributed by atoms with Crippen molar-refractivity contribution >= 4 is 5.91 Å². The number of hydrogen-bond acceptors (Lipinski definition) is 3. The third kappa shape index (κ3) is 4.09. The second-order valence-corrected chi connectivity index (χ2v) is 5.52. The van der Waals surface area contributed by atoms with Crippen molar-refractivity contribution in [2.75, 3.05) is 13.9 Å². The van der Waals surface area contributed by atoms with Gasteiger partial charge in [-0.05, 0) is 43.7 Å². The van der Waals surface area contributed by atoms with E-state index in [1.807, 2.05) is 44.2 Å². The predicted molar refractivity (Wildman–Crippen MR) is 85.9 cm³/mol. The molecule has 116 valence electrons. The average Bonchev–Trinajstić information content (AvgIpc) is 2.54. The summed E-state index contributed by atoms with van der Waals surface area (Å²) in [5, 5.41) is 3.05. The van der Waals surface area contributed by atoms with Crippen LogP contribution < -0.4 is 10.1 Å². The van der Waals surface area contributed by atoms with Crippen LogP contribution in [0.5, 0.6) is 5.75 Å². The molecule has 0 aliphatic rings. The zero-order chi connectivity index (χ0) is 16.0. The molecule has 0 bridgehead atoms. The van der Waals surface area contributed by atoms with Crippen molar-refractivity contribution in [3.8, 4) is 5.75 Å². The number of hydrogen-bond donors (Lipinski definition) is 1. The first-order valence-electron chi connectivity index (χ1n) is 7.13. The number of nitrogens with one attached hydrogen (secondary N) is 1. The van der Waals surface area contributed by atoms with E-state index in [2.05, 4.69) is 5.32 Å². The van der Waals surface area contributed by atoms with Crippen molar-refractivity contribution in [1.82, 2.24) is 5.32 Å². The fraction of sp³-hybridized carbons (Fsp3) is 0.278. The molecule has 4 nitrogen and oxygen atoms in total. The van der Waals surface area contributed by atoms with Crippen molar-refractivity contribution in [3.05, 3.63) is 65.7 Å². The van der Waals surface area contributed by atoms with Gasteiger partial charge in [-0.1, -0.05) is 30.3 Å². The van der Waals surface area contributed by atoms with E-state index >= 15 is 0 Å². The van der Waals surface area contributed by atoms with Gasteiger partial charge in [0.15, 0.2) is 6.79 Å². The van der Waals surface area contributed by atoms with E-state index < -0.39 is 5.54 Å². The van der Waals surface area contributed by atoms with Crippen LogP contribution in [0.1, 0.15) is 29.8 Å². The molecular weight excluding hydrogens is 278 g/mol. The van der Waals surface area contributed by atoms with E-state index in [4.69, 9.17) is 9.47 Å². The van der Waals surface area contributed by atoms with Crippen LogP contribution in [0, 0.1) is 0 Å². The largest absolute Gasteiger partial charge is 0.468 e. The minimum absolute atomic E-state index is 0.118. The zero-order valence-electron chi connectivity index (χ0n) is 13.1. The monoisotopic (exact) mass is 299 g/mol. The number of benzene rings is 2. The molecule has 1 N–H and O–H groups in total. The SMILES string of the molecule is COCOc1ccc(C(=O)NC(C)(C)c2ccccc2)cc1. The van der Waals surface area contributed by atoms with E-state index in [9.17, 15) is 4.79 Å². The molecule has 1 amide bonds. The number of methoxy groups -OCH3 is 1. The number of carbonyl (C=O) groups excluding carboxylic acids is 1. The van der Waals surface area contributed by atoms with Gasteiger partial charge in [-0.3, -0.25) is 4.79 Å². The number of amides is 1. The third-order valence-electron chi connectivity index (χ3n) is 3.38. The van der Waals surface area contributed by atoms with E-state index in [0.717, 1.165) is 5.56 Å². The van der Waals surface area contributed by atoms with Crippen LogP contribution in [0.2, 0.25) is 0 Å². The highest BCUT2D eigenvalue weighted by molar-refractivity contribution is 5.94. The highest BCUT2D eigenvalue weighted by Crippen LogP contribution is 2.20. The Morgan fingerprint density at radius 1 is 1.05 bits per heavy atom. The maximum atomic E-state index is 12.4. The lowest BCUT2D eigenvalue weighted by atomic mass is 9.94. The lowest BCUT2D eigenvalue weighted by Crippen LogP contribution is -2.40. The molecular formula is C18H21NO3. The molecule has 4 heteroatoms. The Kier molecular flexibility index (Phi) is 5.17. The molecule has 0 heterocycles. The van der Waals surface area contributed by atoms with Gasteiger partial charge in [-0.25, -0.2) is 0 Å². The van der Waals surface area contributed by atoms with Gasteiger partial charge in [0.05, 0.1) is 5.54 Å². The summed E-state index contributed by atoms with van der Waals surface area (Å²) >= 11 is 0. The van der Waals surface area contributed by atoms with Crippen LogP contribution in [0.4, 0.5) is 0 Å². The van der Waals surface area contributed by atoms with E-state index in [1.54, 1.807) is 31.4 Å². The molecule has 0 radical (unpaired) electrons. The molecule has 0 aliphatic heterocycles. The normalized spacial score (nSPS) is 11.0. The lowest BCUT2D eigenvalue weighted by Gasteiger charge is -2.27. The summed E-state index contributed by atoms with van der Waals surface area (Å²) in [5.41, 5.74) is 1.21. The van der Waals surface area contributed by atoms with Gasteiger partial charge >= 0.3 is 0 Å². The first-order valence-corrected chi connectivity index (χ1v) is 7.13. The Balaban J connectivity index is 2.05. The number of carbonyl (C=O) groups is 1. The summed E-state index contributed by atoms with van der Waals surface area (Å²) in [6, 6.07) is 16.9. The molecule has 0 saturated carbocycles. The molecule has 0 spiro atoms. The van der Waals surface area contributed by atoms with Crippen molar-refractivity contribution in [2.45, 2.75) is 19.4 Å². The van der Waals surface area contributed by atoms with Crippen LogP contribution in [0.15, 0.2) is 54.6 Å². The Morgan fingerprint density at radius 3 is 2.27 bits per heavy atom. The summed E-state index contributed by atoms with van der Waals surface area (Å²) in [6.07, 6.45) is 0. The lowest BCUT2D eigenvalue weighted by molar-refractivity contribution is 0.0511. The Bertz CT molecular complexity index is 606. The Labute approximate surface area is 131 Å². The van der Waals surface area contributed by atoms with Crippen molar-refractivity contribution < 1.29 is 14.3 Å². The van der Waals surface area contributed by atoms with Crippen LogP contribution in [0.3, 0.4) is 0 Å². The molecule has 2 rings (SSSR count). The number of ether oxygens (including phenoxy) is 2. The average molecular weight is 299 g/mol. The second-order valence-electron chi connectivity index (χ2n) is 5.52. The maximum Gasteiger partial charge on any atom is 0.251 e. The minimum atomic E-state index is -0.441. The highest BCUT2D eigenvalue weighted by Gasteiger charge is 2.23. The van der Waals surface area contributed by atoms with Crippen LogP contribution >= 0.6 is 0 Å². The Morgan fingerprint density at radius 2 is 1.68 bits per heavy atom. The second kappa shape index (κ2) is 7.09. The van der Waals surface area contributed by atoms with Crippen LogP contribution in [-0.4, -0.2) is 19.8 Å². The number of rotatable bonds is 6. The molecule has 0 saturated heterocycles. The summed E-state index contributed by atoms with van der Waals surface area (Å²) in [5.74, 6) is 0.549. The quantitative estimate of drug-likeness (QED) is 0.832. The van der Waals surface area contributed by atoms with Crippen molar-refractivity contribution in [3.63, 3.8) is 0 Å². The molecule has 0 fully saturated rings. The van der Waals surface area contributed by atoms with Gasteiger partial charge in [-0.2, -0.15) is 0 Å². The first kappa shape index (κ1) is 16.0. The van der Waals surface area contributed by atoms with Crippen LogP contribution in [0.25, 0.3) is 0 Å². The van der Waals surface area contributed by atoms with Gasteiger partial charge in [0.2, 0.25) is 0 Å². The van der Waals surface area contributed by atoms with Gasteiger partial charge < -0.3 is 14.8 Å². The highest BCUT2D eigenvalue weighted by atomic mass is 16.7. The molecule has 0 unspecified atom stereocenters. The molecule has 0 aromatic heterocycles. The molecule has 2 aromatic rings. The maximum absolute atomic E-state index is 12.4.